The Morgan fingerprint density at radius 3 is 2.21 bits per heavy atom. The Morgan fingerprint density at radius 2 is 1.54 bits per heavy atom. The van der Waals surface area contributed by atoms with Gasteiger partial charge in [-0.25, -0.2) is 0 Å². The standard InChI is InChI=1S/C31H28N4O3S/c1-21-15-22(2)17-26(16-21)33-29(36)20-39-27-12-10-25(11-13-27)34-31(38)28(18-23-7-6-14-32-19-23)35-30(37)24-8-4-3-5-9-24/h3-19H,20H2,1-2H3,(H,33,36)(H,34,38)(H,35,37)/b28-18-. The van der Waals surface area contributed by atoms with Crippen LogP contribution in [0.3, 0.4) is 0 Å². The molecular formula is C31H28N4O3S. The van der Waals surface area contributed by atoms with E-state index in [1.807, 2.05) is 44.2 Å². The van der Waals surface area contributed by atoms with Gasteiger partial charge in [-0.1, -0.05) is 30.3 Å². The predicted octanol–water partition coefficient (Wildman–Crippen LogP) is 5.84. The van der Waals surface area contributed by atoms with E-state index in [1.165, 1.54) is 11.8 Å². The van der Waals surface area contributed by atoms with E-state index < -0.39 is 11.8 Å². The number of hydrogen-bond donors (Lipinski definition) is 3. The molecule has 0 spiro atoms. The molecule has 0 saturated heterocycles. The average Bonchev–Trinajstić information content (AvgIpc) is 2.92. The molecule has 0 fully saturated rings. The lowest BCUT2D eigenvalue weighted by atomic mass is 10.1. The van der Waals surface area contributed by atoms with Gasteiger partial charge in [0.1, 0.15) is 5.70 Å². The molecule has 0 aliphatic heterocycles. The number of anilines is 2. The number of thioether (sulfide) groups is 1. The van der Waals surface area contributed by atoms with E-state index in [1.54, 1.807) is 67.0 Å². The van der Waals surface area contributed by atoms with Crippen LogP contribution in [0.2, 0.25) is 0 Å². The number of carbonyl (C=O) groups is 3. The Balaban J connectivity index is 1.38. The summed E-state index contributed by atoms with van der Waals surface area (Å²) in [6.07, 6.45) is 4.80. The molecule has 0 atom stereocenters. The van der Waals surface area contributed by atoms with Gasteiger partial charge in [0.2, 0.25) is 5.91 Å². The molecule has 3 N–H and O–H groups in total. The van der Waals surface area contributed by atoms with Crippen molar-refractivity contribution in [3.05, 3.63) is 125 Å². The molecule has 3 amide bonds. The van der Waals surface area contributed by atoms with Gasteiger partial charge in [-0.3, -0.25) is 19.4 Å². The fraction of sp³-hybridized carbons (Fsp3) is 0.0968. The van der Waals surface area contributed by atoms with Crippen LogP contribution >= 0.6 is 11.8 Å². The molecule has 0 aliphatic rings. The molecule has 4 rings (SSSR count). The van der Waals surface area contributed by atoms with E-state index in [9.17, 15) is 14.4 Å². The molecule has 0 bridgehead atoms. The van der Waals surface area contributed by atoms with E-state index in [2.05, 4.69) is 27.0 Å². The summed E-state index contributed by atoms with van der Waals surface area (Å²) in [6.45, 7) is 3.99. The molecule has 0 saturated carbocycles. The van der Waals surface area contributed by atoms with Crippen LogP contribution in [0.5, 0.6) is 0 Å². The Kier molecular flexibility index (Phi) is 9.26. The maximum absolute atomic E-state index is 13.1. The Hall–Kier alpha value is -4.69. The van der Waals surface area contributed by atoms with Gasteiger partial charge in [0.05, 0.1) is 5.75 Å². The minimum Gasteiger partial charge on any atom is -0.325 e. The Morgan fingerprint density at radius 1 is 0.821 bits per heavy atom. The molecule has 0 aliphatic carbocycles. The summed E-state index contributed by atoms with van der Waals surface area (Å²) in [6, 6.07) is 25.3. The highest BCUT2D eigenvalue weighted by molar-refractivity contribution is 8.00. The smallest absolute Gasteiger partial charge is 0.272 e. The number of hydrogen-bond acceptors (Lipinski definition) is 5. The second-order valence-electron chi connectivity index (χ2n) is 8.86. The highest BCUT2D eigenvalue weighted by atomic mass is 32.2. The summed E-state index contributed by atoms with van der Waals surface area (Å²) in [5.74, 6) is -0.716. The summed E-state index contributed by atoms with van der Waals surface area (Å²) in [5.41, 5.74) is 4.70. The summed E-state index contributed by atoms with van der Waals surface area (Å²) in [7, 11) is 0. The van der Waals surface area contributed by atoms with Crippen LogP contribution in [0.1, 0.15) is 27.0 Å². The lowest BCUT2D eigenvalue weighted by Crippen LogP contribution is -2.30. The zero-order chi connectivity index (χ0) is 27.6. The molecule has 0 radical (unpaired) electrons. The zero-order valence-electron chi connectivity index (χ0n) is 21.6. The monoisotopic (exact) mass is 536 g/mol. The van der Waals surface area contributed by atoms with Crippen LogP contribution in [-0.2, 0) is 9.59 Å². The van der Waals surface area contributed by atoms with Gasteiger partial charge in [0.25, 0.3) is 11.8 Å². The fourth-order valence-electron chi connectivity index (χ4n) is 3.80. The summed E-state index contributed by atoms with van der Waals surface area (Å²) in [5, 5.41) is 8.46. The second kappa shape index (κ2) is 13.2. The van der Waals surface area contributed by atoms with Crippen LogP contribution in [0.4, 0.5) is 11.4 Å². The quantitative estimate of drug-likeness (QED) is 0.184. The minimum atomic E-state index is -0.476. The number of aromatic nitrogens is 1. The van der Waals surface area contributed by atoms with Crippen molar-refractivity contribution < 1.29 is 14.4 Å². The molecule has 7 nitrogen and oxygen atoms in total. The first-order valence-electron chi connectivity index (χ1n) is 12.3. The summed E-state index contributed by atoms with van der Waals surface area (Å²) >= 11 is 1.40. The first kappa shape index (κ1) is 27.3. The molecule has 0 unspecified atom stereocenters. The van der Waals surface area contributed by atoms with E-state index in [-0.39, 0.29) is 17.4 Å². The van der Waals surface area contributed by atoms with Crippen molar-refractivity contribution in [1.29, 1.82) is 0 Å². The van der Waals surface area contributed by atoms with Crippen molar-refractivity contribution >= 4 is 46.9 Å². The van der Waals surface area contributed by atoms with Crippen LogP contribution in [-0.4, -0.2) is 28.5 Å². The van der Waals surface area contributed by atoms with Crippen LogP contribution in [0.15, 0.2) is 108 Å². The van der Waals surface area contributed by atoms with Gasteiger partial charge in [-0.2, -0.15) is 0 Å². The minimum absolute atomic E-state index is 0.0818. The first-order valence-corrected chi connectivity index (χ1v) is 13.2. The van der Waals surface area contributed by atoms with Gasteiger partial charge in [-0.15, -0.1) is 11.8 Å². The van der Waals surface area contributed by atoms with Gasteiger partial charge in [-0.05, 0) is 91.2 Å². The number of aryl methyl sites for hydroxylation is 2. The SMILES string of the molecule is Cc1cc(C)cc(NC(=O)CSc2ccc(NC(=O)/C(=C/c3cccnc3)NC(=O)c3ccccc3)cc2)c1. The average molecular weight is 537 g/mol. The summed E-state index contributed by atoms with van der Waals surface area (Å²) in [4.78, 5) is 43.2. The van der Waals surface area contributed by atoms with Crippen molar-refractivity contribution in [1.82, 2.24) is 10.3 Å². The number of pyridine rings is 1. The number of carbonyl (C=O) groups excluding carboxylic acids is 3. The van der Waals surface area contributed by atoms with Crippen LogP contribution in [0.25, 0.3) is 6.08 Å². The van der Waals surface area contributed by atoms with Crippen LogP contribution in [0, 0.1) is 13.8 Å². The number of amides is 3. The molecule has 39 heavy (non-hydrogen) atoms. The maximum atomic E-state index is 13.1. The van der Waals surface area contributed by atoms with Crippen molar-refractivity contribution in [3.63, 3.8) is 0 Å². The van der Waals surface area contributed by atoms with Crippen molar-refractivity contribution in [2.45, 2.75) is 18.7 Å². The number of nitrogens with one attached hydrogen (secondary N) is 3. The highest BCUT2D eigenvalue weighted by Gasteiger charge is 2.15. The third-order valence-electron chi connectivity index (χ3n) is 5.51. The summed E-state index contributed by atoms with van der Waals surface area (Å²) < 4.78 is 0. The Bertz CT molecular complexity index is 1470. The maximum Gasteiger partial charge on any atom is 0.272 e. The third-order valence-corrected chi connectivity index (χ3v) is 6.52. The Labute approximate surface area is 231 Å². The van der Waals surface area contributed by atoms with E-state index in [0.29, 0.717) is 16.8 Å². The first-order chi connectivity index (χ1) is 18.9. The van der Waals surface area contributed by atoms with E-state index in [0.717, 1.165) is 21.7 Å². The molecule has 196 valence electrons. The lowest BCUT2D eigenvalue weighted by Gasteiger charge is -2.12. The van der Waals surface area contributed by atoms with Crippen LogP contribution < -0.4 is 16.0 Å². The predicted molar refractivity (Wildman–Crippen MR) is 156 cm³/mol. The second-order valence-corrected chi connectivity index (χ2v) is 9.91. The molecule has 8 heteroatoms. The number of nitrogens with zero attached hydrogens (tertiary/aromatic N) is 1. The molecule has 4 aromatic rings. The van der Waals surface area contributed by atoms with E-state index >= 15 is 0 Å². The third kappa shape index (κ3) is 8.41. The molecular weight excluding hydrogens is 508 g/mol. The lowest BCUT2D eigenvalue weighted by molar-refractivity contribution is -0.114. The number of benzene rings is 3. The largest absolute Gasteiger partial charge is 0.325 e. The fourth-order valence-corrected chi connectivity index (χ4v) is 4.49. The normalized spacial score (nSPS) is 11.0. The van der Waals surface area contributed by atoms with Gasteiger partial charge in [0.15, 0.2) is 0 Å². The zero-order valence-corrected chi connectivity index (χ0v) is 22.4. The molecule has 1 aromatic heterocycles. The highest BCUT2D eigenvalue weighted by Crippen LogP contribution is 2.22. The van der Waals surface area contributed by atoms with Gasteiger partial charge >= 0.3 is 0 Å². The van der Waals surface area contributed by atoms with Gasteiger partial charge in [0, 0.05) is 34.2 Å². The topological polar surface area (TPSA) is 100 Å². The van der Waals surface area contributed by atoms with Crippen molar-refractivity contribution in [2.75, 3.05) is 16.4 Å². The molecule has 3 aromatic carbocycles. The molecule has 1 heterocycles. The van der Waals surface area contributed by atoms with E-state index in [4.69, 9.17) is 0 Å². The van der Waals surface area contributed by atoms with Gasteiger partial charge < -0.3 is 16.0 Å². The number of rotatable bonds is 9. The van der Waals surface area contributed by atoms with Crippen molar-refractivity contribution in [3.8, 4) is 0 Å². The van der Waals surface area contributed by atoms with Crippen molar-refractivity contribution in [2.24, 2.45) is 0 Å².